The van der Waals surface area contributed by atoms with Gasteiger partial charge < -0.3 is 11.1 Å². The molecule has 1 aromatic heterocycles. The summed E-state index contributed by atoms with van der Waals surface area (Å²) < 4.78 is 39.0. The number of hydrogen-bond acceptors (Lipinski definition) is 3. The molecule has 1 aliphatic rings. The monoisotopic (exact) mass is 304 g/mol. The number of amides is 1. The van der Waals surface area contributed by atoms with Gasteiger partial charge in [-0.25, -0.2) is 0 Å². The maximum Gasteiger partial charge on any atom is 0.435 e. The highest BCUT2D eigenvalue weighted by Crippen LogP contribution is 2.38. The van der Waals surface area contributed by atoms with Crippen molar-refractivity contribution in [3.63, 3.8) is 0 Å². The quantitative estimate of drug-likeness (QED) is 0.891. The summed E-state index contributed by atoms with van der Waals surface area (Å²) in [5.41, 5.74) is 3.69. The fourth-order valence-electron chi connectivity index (χ4n) is 2.92. The maximum atomic E-state index is 12.6. The van der Waals surface area contributed by atoms with Crippen molar-refractivity contribution in [3.8, 4) is 0 Å². The number of carbonyl (C=O) groups excluding carboxylic acids is 1. The van der Waals surface area contributed by atoms with E-state index in [1.54, 1.807) is 0 Å². The first kappa shape index (κ1) is 15.8. The van der Waals surface area contributed by atoms with E-state index in [9.17, 15) is 18.0 Å². The Morgan fingerprint density at radius 3 is 2.71 bits per heavy atom. The van der Waals surface area contributed by atoms with Crippen LogP contribution in [0.5, 0.6) is 0 Å². The number of carbonyl (C=O) groups is 1. The Morgan fingerprint density at radius 1 is 1.57 bits per heavy atom. The van der Waals surface area contributed by atoms with E-state index in [1.807, 2.05) is 13.8 Å². The number of primary amides is 1. The average Bonchev–Trinajstić information content (AvgIpc) is 2.93. The minimum atomic E-state index is -4.46. The summed E-state index contributed by atoms with van der Waals surface area (Å²) in [5, 5.41) is 6.73. The average molecular weight is 304 g/mol. The molecule has 1 aliphatic carbocycles. The standard InChI is InChI=1S/C13H19F3N4O/c1-8(2)18-12(11(17)21)5-3-9(7-12)20-6-4-10(19-20)13(14,15)16/h4,6,8-9,18H,3,5,7H2,1-2H3,(H2,17,21). The number of nitrogens with one attached hydrogen (secondary N) is 1. The summed E-state index contributed by atoms with van der Waals surface area (Å²) in [6, 6.07) is 0.736. The molecule has 2 rings (SSSR count). The maximum absolute atomic E-state index is 12.6. The Kier molecular flexibility index (Phi) is 4.01. The summed E-state index contributed by atoms with van der Waals surface area (Å²) in [6.07, 6.45) is -1.76. The van der Waals surface area contributed by atoms with Crippen LogP contribution in [0.3, 0.4) is 0 Å². The van der Waals surface area contributed by atoms with Crippen LogP contribution in [0.15, 0.2) is 12.3 Å². The lowest BCUT2D eigenvalue weighted by Crippen LogP contribution is -2.56. The number of alkyl halides is 3. The molecule has 2 atom stereocenters. The highest BCUT2D eigenvalue weighted by atomic mass is 19.4. The van der Waals surface area contributed by atoms with Crippen LogP contribution in [-0.4, -0.2) is 27.3 Å². The number of hydrogen-bond donors (Lipinski definition) is 2. The summed E-state index contributed by atoms with van der Waals surface area (Å²) in [7, 11) is 0. The molecule has 1 saturated carbocycles. The summed E-state index contributed by atoms with van der Waals surface area (Å²) in [5.74, 6) is -0.470. The highest BCUT2D eigenvalue weighted by molar-refractivity contribution is 5.85. The van der Waals surface area contributed by atoms with Crippen molar-refractivity contribution in [3.05, 3.63) is 18.0 Å². The van der Waals surface area contributed by atoms with Crippen LogP contribution in [0.2, 0.25) is 0 Å². The lowest BCUT2D eigenvalue weighted by atomic mass is 9.95. The van der Waals surface area contributed by atoms with Gasteiger partial charge in [0.2, 0.25) is 5.91 Å². The Balaban J connectivity index is 2.17. The van der Waals surface area contributed by atoms with Crippen LogP contribution >= 0.6 is 0 Å². The second-order valence-electron chi connectivity index (χ2n) is 5.82. The van der Waals surface area contributed by atoms with E-state index in [4.69, 9.17) is 5.73 Å². The molecule has 8 heteroatoms. The normalized spacial score (nSPS) is 26.5. The van der Waals surface area contributed by atoms with Gasteiger partial charge in [-0.2, -0.15) is 18.3 Å². The molecule has 1 heterocycles. The van der Waals surface area contributed by atoms with Gasteiger partial charge in [0.05, 0.1) is 11.6 Å². The zero-order chi connectivity index (χ0) is 15.8. The van der Waals surface area contributed by atoms with Crippen LogP contribution in [0.25, 0.3) is 0 Å². The summed E-state index contributed by atoms with van der Waals surface area (Å²) in [6.45, 7) is 3.79. The zero-order valence-electron chi connectivity index (χ0n) is 11.9. The molecule has 5 nitrogen and oxygen atoms in total. The predicted molar refractivity (Wildman–Crippen MR) is 70.3 cm³/mol. The van der Waals surface area contributed by atoms with Crippen molar-refractivity contribution >= 4 is 5.91 Å². The molecule has 0 radical (unpaired) electrons. The number of rotatable bonds is 4. The lowest BCUT2D eigenvalue weighted by molar-refractivity contribution is -0.141. The van der Waals surface area contributed by atoms with Crippen molar-refractivity contribution < 1.29 is 18.0 Å². The molecule has 2 unspecified atom stereocenters. The van der Waals surface area contributed by atoms with E-state index in [0.717, 1.165) is 6.07 Å². The fraction of sp³-hybridized carbons (Fsp3) is 0.692. The number of nitrogens with zero attached hydrogens (tertiary/aromatic N) is 2. The van der Waals surface area contributed by atoms with Crippen LogP contribution in [0.4, 0.5) is 13.2 Å². The topological polar surface area (TPSA) is 72.9 Å². The van der Waals surface area contributed by atoms with Crippen molar-refractivity contribution in [2.24, 2.45) is 5.73 Å². The van der Waals surface area contributed by atoms with E-state index >= 15 is 0 Å². The Hall–Kier alpha value is -1.57. The van der Waals surface area contributed by atoms with Gasteiger partial charge in [0, 0.05) is 12.2 Å². The molecule has 3 N–H and O–H groups in total. The van der Waals surface area contributed by atoms with Gasteiger partial charge in [0.1, 0.15) is 0 Å². The molecule has 0 spiro atoms. The van der Waals surface area contributed by atoms with E-state index < -0.39 is 23.3 Å². The summed E-state index contributed by atoms with van der Waals surface area (Å²) >= 11 is 0. The zero-order valence-corrected chi connectivity index (χ0v) is 11.9. The molecule has 1 aromatic rings. The first-order valence-corrected chi connectivity index (χ1v) is 6.84. The van der Waals surface area contributed by atoms with Gasteiger partial charge in [-0.05, 0) is 39.2 Å². The van der Waals surface area contributed by atoms with Crippen molar-refractivity contribution in [2.45, 2.75) is 56.9 Å². The SMILES string of the molecule is CC(C)NC1(C(N)=O)CCC(n2ccc(C(F)(F)F)n2)C1. The van der Waals surface area contributed by atoms with Crippen molar-refractivity contribution in [2.75, 3.05) is 0 Å². The molecule has 0 bridgehead atoms. The lowest BCUT2D eigenvalue weighted by Gasteiger charge is -2.29. The first-order chi connectivity index (χ1) is 9.64. The van der Waals surface area contributed by atoms with E-state index in [0.29, 0.717) is 19.3 Å². The third-order valence-electron chi connectivity index (χ3n) is 3.80. The largest absolute Gasteiger partial charge is 0.435 e. The number of aromatic nitrogens is 2. The van der Waals surface area contributed by atoms with E-state index in [-0.39, 0.29) is 12.1 Å². The molecule has 118 valence electrons. The molecule has 1 fully saturated rings. The van der Waals surface area contributed by atoms with E-state index in [1.165, 1.54) is 10.9 Å². The Bertz CT molecular complexity index is 526. The van der Waals surface area contributed by atoms with Crippen LogP contribution in [-0.2, 0) is 11.0 Å². The molecule has 1 amide bonds. The van der Waals surface area contributed by atoms with Gasteiger partial charge in [0.15, 0.2) is 5.69 Å². The predicted octanol–water partition coefficient (Wildman–Crippen LogP) is 1.85. The van der Waals surface area contributed by atoms with Crippen LogP contribution in [0.1, 0.15) is 44.8 Å². The van der Waals surface area contributed by atoms with Gasteiger partial charge in [-0.3, -0.25) is 9.48 Å². The number of nitrogens with two attached hydrogens (primary N) is 1. The Morgan fingerprint density at radius 2 is 2.24 bits per heavy atom. The van der Waals surface area contributed by atoms with Gasteiger partial charge >= 0.3 is 6.18 Å². The molecule has 0 aromatic carbocycles. The van der Waals surface area contributed by atoms with Crippen molar-refractivity contribution in [1.29, 1.82) is 0 Å². The fourth-order valence-corrected chi connectivity index (χ4v) is 2.92. The summed E-state index contributed by atoms with van der Waals surface area (Å²) in [4.78, 5) is 11.8. The van der Waals surface area contributed by atoms with Crippen LogP contribution < -0.4 is 11.1 Å². The Labute approximate surface area is 120 Å². The molecule has 0 saturated heterocycles. The minimum Gasteiger partial charge on any atom is -0.368 e. The van der Waals surface area contributed by atoms with Crippen LogP contribution in [0, 0.1) is 0 Å². The molecular formula is C13H19F3N4O. The third-order valence-corrected chi connectivity index (χ3v) is 3.80. The van der Waals surface area contributed by atoms with Gasteiger partial charge in [-0.1, -0.05) is 0 Å². The molecule has 21 heavy (non-hydrogen) atoms. The second-order valence-corrected chi connectivity index (χ2v) is 5.82. The van der Waals surface area contributed by atoms with Gasteiger partial charge in [0.25, 0.3) is 0 Å². The molecular weight excluding hydrogens is 285 g/mol. The van der Waals surface area contributed by atoms with Gasteiger partial charge in [-0.15, -0.1) is 0 Å². The van der Waals surface area contributed by atoms with Crippen molar-refractivity contribution in [1.82, 2.24) is 15.1 Å². The highest BCUT2D eigenvalue weighted by Gasteiger charge is 2.45. The number of halogens is 3. The first-order valence-electron chi connectivity index (χ1n) is 6.84. The minimum absolute atomic E-state index is 0.0552. The third kappa shape index (κ3) is 3.20. The van der Waals surface area contributed by atoms with E-state index in [2.05, 4.69) is 10.4 Å². The smallest absolute Gasteiger partial charge is 0.368 e. The molecule has 0 aliphatic heterocycles. The second kappa shape index (κ2) is 5.32.